The first-order valence-electron chi connectivity index (χ1n) is 9.70. The van der Waals surface area contributed by atoms with Crippen LogP contribution in [0.25, 0.3) is 0 Å². The number of hydrogen-bond donors (Lipinski definition) is 0. The van der Waals surface area contributed by atoms with Gasteiger partial charge in [-0.1, -0.05) is 0 Å². The summed E-state index contributed by atoms with van der Waals surface area (Å²) in [5.41, 5.74) is 1.12. The Kier molecular flexibility index (Phi) is 4.69. The summed E-state index contributed by atoms with van der Waals surface area (Å²) in [6.07, 6.45) is 6.19. The summed E-state index contributed by atoms with van der Waals surface area (Å²) in [4.78, 5) is 34.3. The molecule has 4 rings (SSSR count). The van der Waals surface area contributed by atoms with Crippen LogP contribution in [-0.2, 0) is 9.53 Å². The second kappa shape index (κ2) is 6.99. The van der Waals surface area contributed by atoms with E-state index in [0.717, 1.165) is 57.6 Å². The quantitative estimate of drug-likeness (QED) is 0.812. The lowest BCUT2D eigenvalue weighted by molar-refractivity contribution is -0.150. The fraction of sp³-hybridized carbons (Fsp3) is 0.650. The molecule has 0 N–H and O–H groups in total. The molecule has 3 aliphatic rings. The fourth-order valence-corrected chi connectivity index (χ4v) is 4.65. The van der Waals surface area contributed by atoms with E-state index in [-0.39, 0.29) is 17.2 Å². The number of carbonyl (C=O) groups is 2. The van der Waals surface area contributed by atoms with Gasteiger partial charge in [0.05, 0.1) is 11.0 Å². The van der Waals surface area contributed by atoms with Gasteiger partial charge in [0, 0.05) is 50.8 Å². The zero-order valence-corrected chi connectivity index (χ0v) is 15.4. The minimum Gasteiger partial charge on any atom is -0.381 e. The number of aromatic nitrogens is 1. The number of pyridine rings is 1. The molecule has 3 aliphatic heterocycles. The van der Waals surface area contributed by atoms with Gasteiger partial charge in [0.1, 0.15) is 0 Å². The van der Waals surface area contributed by atoms with Crippen molar-refractivity contribution in [3.05, 3.63) is 29.6 Å². The number of carbonyl (C=O) groups excluding carboxylic acids is 2. The van der Waals surface area contributed by atoms with Crippen molar-refractivity contribution in [3.63, 3.8) is 0 Å². The first-order chi connectivity index (χ1) is 12.6. The Morgan fingerprint density at radius 1 is 1.23 bits per heavy atom. The minimum atomic E-state index is -0.385. The molecule has 0 aromatic carbocycles. The van der Waals surface area contributed by atoms with Gasteiger partial charge in [0.25, 0.3) is 5.91 Å². The maximum atomic E-state index is 13.3. The molecule has 0 radical (unpaired) electrons. The molecule has 1 atom stereocenters. The molecule has 0 unspecified atom stereocenters. The van der Waals surface area contributed by atoms with Gasteiger partial charge in [-0.3, -0.25) is 14.6 Å². The Morgan fingerprint density at radius 3 is 2.77 bits per heavy atom. The number of hydrogen-bond acceptors (Lipinski definition) is 4. The molecule has 0 aliphatic carbocycles. The Bertz CT molecular complexity index is 684. The largest absolute Gasteiger partial charge is 0.381 e. The average molecular weight is 357 g/mol. The summed E-state index contributed by atoms with van der Waals surface area (Å²) >= 11 is 0. The molecule has 1 aromatic heterocycles. The first kappa shape index (κ1) is 17.5. The zero-order valence-electron chi connectivity index (χ0n) is 15.4. The maximum Gasteiger partial charge on any atom is 0.255 e. The van der Waals surface area contributed by atoms with Crippen molar-refractivity contribution in [2.45, 2.75) is 45.1 Å². The van der Waals surface area contributed by atoms with E-state index >= 15 is 0 Å². The molecule has 1 aromatic rings. The number of amides is 2. The molecule has 6 nitrogen and oxygen atoms in total. The SMILES string of the molecule is Cc1ccc(C(=O)N2CC[C@]3(CCCN(C4CCOCC4)C3=O)C2)cn1. The van der Waals surface area contributed by atoms with E-state index in [1.807, 2.05) is 24.0 Å². The number of piperidine rings is 1. The van der Waals surface area contributed by atoms with Crippen LogP contribution in [0.1, 0.15) is 48.2 Å². The predicted octanol–water partition coefficient (Wildman–Crippen LogP) is 2.02. The van der Waals surface area contributed by atoms with E-state index in [1.54, 1.807) is 6.20 Å². The monoisotopic (exact) mass is 357 g/mol. The van der Waals surface area contributed by atoms with Gasteiger partial charge in [-0.05, 0) is 51.2 Å². The van der Waals surface area contributed by atoms with Crippen molar-refractivity contribution in [3.8, 4) is 0 Å². The second-order valence-electron chi connectivity index (χ2n) is 7.89. The molecule has 0 bridgehead atoms. The van der Waals surface area contributed by atoms with E-state index in [4.69, 9.17) is 4.74 Å². The van der Waals surface area contributed by atoms with Crippen LogP contribution >= 0.6 is 0 Å². The topological polar surface area (TPSA) is 62.7 Å². The third-order valence-electron chi connectivity index (χ3n) is 6.20. The lowest BCUT2D eigenvalue weighted by Crippen LogP contribution is -2.55. The van der Waals surface area contributed by atoms with Crippen LogP contribution in [0.15, 0.2) is 18.3 Å². The molecular formula is C20H27N3O3. The van der Waals surface area contributed by atoms with Crippen molar-refractivity contribution in [2.24, 2.45) is 5.41 Å². The number of likely N-dealkylation sites (tertiary alicyclic amines) is 2. The highest BCUT2D eigenvalue weighted by atomic mass is 16.5. The molecule has 3 saturated heterocycles. The molecule has 3 fully saturated rings. The molecule has 1 spiro atoms. The summed E-state index contributed by atoms with van der Waals surface area (Å²) in [6, 6.07) is 3.99. The van der Waals surface area contributed by atoms with E-state index in [2.05, 4.69) is 9.88 Å². The Balaban J connectivity index is 1.48. The molecule has 6 heteroatoms. The van der Waals surface area contributed by atoms with Crippen LogP contribution < -0.4 is 0 Å². The number of ether oxygens (including phenoxy) is 1. The van der Waals surface area contributed by atoms with E-state index < -0.39 is 0 Å². The molecule has 2 amide bonds. The summed E-state index contributed by atoms with van der Waals surface area (Å²) in [5.74, 6) is 0.248. The van der Waals surface area contributed by atoms with Gasteiger partial charge in [-0.25, -0.2) is 0 Å². The lowest BCUT2D eigenvalue weighted by Gasteiger charge is -2.44. The second-order valence-corrected chi connectivity index (χ2v) is 7.89. The summed E-state index contributed by atoms with van der Waals surface area (Å²) < 4.78 is 5.45. The zero-order chi connectivity index (χ0) is 18.1. The average Bonchev–Trinajstić information content (AvgIpc) is 3.10. The standard InChI is InChI=1S/C20H27N3O3/c1-15-3-4-16(13-21-15)18(24)22-10-8-20(14-22)7-2-9-23(19(20)25)17-5-11-26-12-6-17/h3-4,13,17H,2,5-12,14H2,1H3/t20-/m1/s1. The van der Waals surface area contributed by atoms with Gasteiger partial charge in [-0.2, -0.15) is 0 Å². The fourth-order valence-electron chi connectivity index (χ4n) is 4.65. The van der Waals surface area contributed by atoms with Crippen LogP contribution in [0.2, 0.25) is 0 Å². The molecule has 4 heterocycles. The Morgan fingerprint density at radius 2 is 2.04 bits per heavy atom. The van der Waals surface area contributed by atoms with E-state index in [0.29, 0.717) is 24.7 Å². The highest BCUT2D eigenvalue weighted by molar-refractivity contribution is 5.95. The molecule has 0 saturated carbocycles. The van der Waals surface area contributed by atoms with Crippen LogP contribution in [0.5, 0.6) is 0 Å². The number of rotatable bonds is 2. The van der Waals surface area contributed by atoms with Gasteiger partial charge >= 0.3 is 0 Å². The highest BCUT2D eigenvalue weighted by Gasteiger charge is 2.50. The van der Waals surface area contributed by atoms with Gasteiger partial charge in [0.2, 0.25) is 5.91 Å². The normalized spacial score (nSPS) is 27.3. The van der Waals surface area contributed by atoms with Crippen molar-refractivity contribution in [1.82, 2.24) is 14.8 Å². The minimum absolute atomic E-state index is 0.00892. The first-order valence-corrected chi connectivity index (χ1v) is 9.70. The Labute approximate surface area is 154 Å². The molecule has 26 heavy (non-hydrogen) atoms. The number of nitrogens with zero attached hydrogens (tertiary/aromatic N) is 3. The van der Waals surface area contributed by atoms with Gasteiger partial charge in [-0.15, -0.1) is 0 Å². The van der Waals surface area contributed by atoms with Crippen LogP contribution in [0.3, 0.4) is 0 Å². The lowest BCUT2D eigenvalue weighted by atomic mass is 9.77. The third kappa shape index (κ3) is 3.11. The highest BCUT2D eigenvalue weighted by Crippen LogP contribution is 2.41. The van der Waals surface area contributed by atoms with Crippen LogP contribution in [0.4, 0.5) is 0 Å². The summed E-state index contributed by atoms with van der Waals surface area (Å²) in [6.45, 7) is 5.43. The summed E-state index contributed by atoms with van der Waals surface area (Å²) in [7, 11) is 0. The van der Waals surface area contributed by atoms with Crippen molar-refractivity contribution in [2.75, 3.05) is 32.8 Å². The molecule has 140 valence electrons. The maximum absolute atomic E-state index is 13.3. The third-order valence-corrected chi connectivity index (χ3v) is 6.20. The van der Waals surface area contributed by atoms with Gasteiger partial charge < -0.3 is 14.5 Å². The molecular weight excluding hydrogens is 330 g/mol. The van der Waals surface area contributed by atoms with E-state index in [1.165, 1.54) is 0 Å². The van der Waals surface area contributed by atoms with Crippen LogP contribution in [-0.4, -0.2) is 65.5 Å². The number of aryl methyl sites for hydroxylation is 1. The van der Waals surface area contributed by atoms with Gasteiger partial charge in [0.15, 0.2) is 0 Å². The smallest absolute Gasteiger partial charge is 0.255 e. The Hall–Kier alpha value is -1.95. The van der Waals surface area contributed by atoms with Crippen molar-refractivity contribution in [1.29, 1.82) is 0 Å². The van der Waals surface area contributed by atoms with Crippen molar-refractivity contribution >= 4 is 11.8 Å². The summed E-state index contributed by atoms with van der Waals surface area (Å²) in [5, 5.41) is 0. The van der Waals surface area contributed by atoms with Crippen LogP contribution in [0, 0.1) is 12.3 Å². The van der Waals surface area contributed by atoms with E-state index in [9.17, 15) is 9.59 Å². The van der Waals surface area contributed by atoms with Crippen molar-refractivity contribution < 1.29 is 14.3 Å². The predicted molar refractivity (Wildman–Crippen MR) is 96.7 cm³/mol.